The lowest BCUT2D eigenvalue weighted by Crippen LogP contribution is -2.50. The summed E-state index contributed by atoms with van der Waals surface area (Å²) < 4.78 is 23.5. The number of anilines is 1. The van der Waals surface area contributed by atoms with E-state index < -0.39 is 15.9 Å². The lowest BCUT2D eigenvalue weighted by Gasteiger charge is -2.37. The highest BCUT2D eigenvalue weighted by Crippen LogP contribution is 2.24. The number of aliphatic hydroxyl groups excluding tert-OH is 1. The number of carbonyl (C=O) groups excluding carboxylic acids is 1. The van der Waals surface area contributed by atoms with Gasteiger partial charge in [-0.25, -0.2) is 13.2 Å². The average molecular weight is 381 g/mol. The Bertz CT molecular complexity index is 735. The second-order valence-electron chi connectivity index (χ2n) is 7.42. The van der Waals surface area contributed by atoms with Crippen LogP contribution in [0.5, 0.6) is 0 Å². The third kappa shape index (κ3) is 4.96. The third-order valence-electron chi connectivity index (χ3n) is 5.17. The minimum absolute atomic E-state index is 0.0300. The van der Waals surface area contributed by atoms with Crippen LogP contribution < -0.4 is 10.6 Å². The molecule has 2 heterocycles. The molecule has 0 saturated carbocycles. The van der Waals surface area contributed by atoms with Gasteiger partial charge in [0, 0.05) is 18.8 Å². The molecule has 8 heteroatoms. The van der Waals surface area contributed by atoms with E-state index in [1.54, 1.807) is 0 Å². The van der Waals surface area contributed by atoms with Crippen LogP contribution in [0.3, 0.4) is 0 Å². The predicted molar refractivity (Wildman–Crippen MR) is 101 cm³/mol. The summed E-state index contributed by atoms with van der Waals surface area (Å²) in [6.45, 7) is 4.01. The molecule has 2 aliphatic rings. The maximum Gasteiger partial charge on any atom is 0.319 e. The number of sulfone groups is 1. The Morgan fingerprint density at radius 1 is 1.27 bits per heavy atom. The van der Waals surface area contributed by atoms with E-state index in [0.29, 0.717) is 13.1 Å². The molecule has 1 aromatic carbocycles. The number of nitrogens with one attached hydrogen (secondary N) is 2. The lowest BCUT2D eigenvalue weighted by molar-refractivity contribution is 0.0539. The molecule has 26 heavy (non-hydrogen) atoms. The maximum atomic E-state index is 12.1. The molecule has 0 aromatic heterocycles. The first kappa shape index (κ1) is 19.1. The molecule has 2 fully saturated rings. The van der Waals surface area contributed by atoms with Gasteiger partial charge in [0.1, 0.15) is 0 Å². The predicted octanol–water partition coefficient (Wildman–Crippen LogP) is 0.986. The van der Waals surface area contributed by atoms with Crippen LogP contribution in [0.25, 0.3) is 0 Å². The highest BCUT2D eigenvalue weighted by atomic mass is 32.2. The Balaban J connectivity index is 1.48. The Hall–Kier alpha value is -1.64. The van der Waals surface area contributed by atoms with Gasteiger partial charge >= 0.3 is 6.03 Å². The third-order valence-corrected chi connectivity index (χ3v) is 6.87. The van der Waals surface area contributed by atoms with Gasteiger partial charge in [0.05, 0.1) is 23.7 Å². The molecule has 3 atom stereocenters. The number of rotatable bonds is 4. The van der Waals surface area contributed by atoms with Crippen LogP contribution in [0.4, 0.5) is 10.5 Å². The first-order valence-electron chi connectivity index (χ1n) is 9.06. The molecule has 2 saturated heterocycles. The van der Waals surface area contributed by atoms with Crippen molar-refractivity contribution in [3.63, 3.8) is 0 Å². The zero-order valence-electron chi connectivity index (χ0n) is 15.0. The number of piperidine rings is 1. The molecule has 3 N–H and O–H groups in total. The van der Waals surface area contributed by atoms with E-state index in [4.69, 9.17) is 0 Å². The first-order chi connectivity index (χ1) is 12.3. The smallest absolute Gasteiger partial charge is 0.319 e. The molecular formula is C18H27N3O4S. The van der Waals surface area contributed by atoms with Crippen molar-refractivity contribution in [2.45, 2.75) is 31.9 Å². The number of aliphatic hydroxyl groups is 1. The minimum Gasteiger partial charge on any atom is -0.390 e. The summed E-state index contributed by atoms with van der Waals surface area (Å²) in [5.41, 5.74) is 1.88. The monoisotopic (exact) mass is 381 g/mol. The number of amides is 2. The van der Waals surface area contributed by atoms with Gasteiger partial charge in [-0.15, -0.1) is 0 Å². The van der Waals surface area contributed by atoms with Crippen LogP contribution in [0.1, 0.15) is 18.4 Å². The molecule has 144 valence electrons. The van der Waals surface area contributed by atoms with Gasteiger partial charge < -0.3 is 15.7 Å². The van der Waals surface area contributed by atoms with Crippen LogP contribution >= 0.6 is 0 Å². The Morgan fingerprint density at radius 2 is 2.00 bits per heavy atom. The molecule has 7 nitrogen and oxygen atoms in total. The van der Waals surface area contributed by atoms with Gasteiger partial charge in [0.2, 0.25) is 0 Å². The number of benzene rings is 1. The van der Waals surface area contributed by atoms with Crippen molar-refractivity contribution in [3.05, 3.63) is 29.8 Å². The van der Waals surface area contributed by atoms with E-state index in [1.165, 1.54) is 0 Å². The van der Waals surface area contributed by atoms with Gasteiger partial charge in [-0.1, -0.05) is 17.7 Å². The van der Waals surface area contributed by atoms with Crippen LogP contribution in [0.15, 0.2) is 24.3 Å². The summed E-state index contributed by atoms with van der Waals surface area (Å²) in [5, 5.41) is 15.8. The van der Waals surface area contributed by atoms with E-state index in [-0.39, 0.29) is 29.5 Å². The van der Waals surface area contributed by atoms with Crippen molar-refractivity contribution in [3.8, 4) is 0 Å². The fraction of sp³-hybridized carbons (Fsp3) is 0.611. The first-order valence-corrected chi connectivity index (χ1v) is 10.9. The Labute approximate surface area is 154 Å². The Morgan fingerprint density at radius 3 is 2.65 bits per heavy atom. The number of urea groups is 1. The van der Waals surface area contributed by atoms with E-state index in [2.05, 4.69) is 15.5 Å². The highest BCUT2D eigenvalue weighted by Gasteiger charge is 2.41. The fourth-order valence-electron chi connectivity index (χ4n) is 3.77. The molecule has 2 amide bonds. The van der Waals surface area contributed by atoms with Crippen molar-refractivity contribution in [2.24, 2.45) is 5.92 Å². The molecule has 0 bridgehead atoms. The van der Waals surface area contributed by atoms with E-state index >= 15 is 0 Å². The van der Waals surface area contributed by atoms with Crippen LogP contribution in [0, 0.1) is 12.8 Å². The molecule has 3 rings (SSSR count). The summed E-state index contributed by atoms with van der Waals surface area (Å²) in [6.07, 6.45) is 1.11. The molecule has 0 radical (unpaired) electrons. The minimum atomic E-state index is -3.15. The van der Waals surface area contributed by atoms with Crippen molar-refractivity contribution in [1.82, 2.24) is 10.2 Å². The van der Waals surface area contributed by atoms with E-state index in [9.17, 15) is 18.3 Å². The van der Waals surface area contributed by atoms with Crippen LogP contribution in [-0.2, 0) is 9.84 Å². The van der Waals surface area contributed by atoms with Gasteiger partial charge in [-0.05, 0) is 44.4 Å². The maximum absolute atomic E-state index is 12.1. The summed E-state index contributed by atoms with van der Waals surface area (Å²) in [5.74, 6) is 0.140. The Kier molecular flexibility index (Phi) is 5.84. The quantitative estimate of drug-likeness (QED) is 0.722. The zero-order chi connectivity index (χ0) is 18.7. The summed E-state index contributed by atoms with van der Waals surface area (Å²) in [7, 11) is -3.15. The number of hydrogen-bond donors (Lipinski definition) is 3. The van der Waals surface area contributed by atoms with Crippen molar-refractivity contribution < 1.29 is 18.3 Å². The number of aryl methyl sites for hydroxylation is 1. The molecule has 0 aliphatic carbocycles. The normalized spacial score (nSPS) is 28.6. The SMILES string of the molecule is Cc1ccc(NC(=O)NC[C@@H]2CCCN([C@H]3CS(=O)(=O)C[C@H]3O)C2)cc1. The van der Waals surface area contributed by atoms with E-state index in [1.807, 2.05) is 31.2 Å². The fourth-order valence-corrected chi connectivity index (χ4v) is 5.61. The van der Waals surface area contributed by atoms with Gasteiger partial charge in [-0.2, -0.15) is 0 Å². The largest absolute Gasteiger partial charge is 0.390 e. The van der Waals surface area contributed by atoms with Crippen molar-refractivity contribution in [2.75, 3.05) is 36.5 Å². The number of nitrogens with zero attached hydrogens (tertiary/aromatic N) is 1. The van der Waals surface area contributed by atoms with Gasteiger partial charge in [0.25, 0.3) is 0 Å². The topological polar surface area (TPSA) is 98.7 Å². The van der Waals surface area contributed by atoms with Gasteiger partial charge in [-0.3, -0.25) is 4.90 Å². The second-order valence-corrected chi connectivity index (χ2v) is 9.57. The average Bonchev–Trinajstić information content (AvgIpc) is 2.88. The zero-order valence-corrected chi connectivity index (χ0v) is 15.8. The van der Waals surface area contributed by atoms with Crippen molar-refractivity contribution in [1.29, 1.82) is 0 Å². The highest BCUT2D eigenvalue weighted by molar-refractivity contribution is 7.91. The molecule has 1 aromatic rings. The molecular weight excluding hydrogens is 354 g/mol. The lowest BCUT2D eigenvalue weighted by atomic mass is 9.96. The summed E-state index contributed by atoms with van der Waals surface area (Å²) in [6, 6.07) is 7.04. The summed E-state index contributed by atoms with van der Waals surface area (Å²) >= 11 is 0. The number of hydrogen-bond acceptors (Lipinski definition) is 5. The van der Waals surface area contributed by atoms with Crippen LogP contribution in [-0.4, -0.2) is 67.7 Å². The number of likely N-dealkylation sites (tertiary alicyclic amines) is 1. The molecule has 0 unspecified atom stereocenters. The van der Waals surface area contributed by atoms with Gasteiger partial charge in [0.15, 0.2) is 9.84 Å². The molecule has 2 aliphatic heterocycles. The molecule has 0 spiro atoms. The second kappa shape index (κ2) is 7.94. The van der Waals surface area contributed by atoms with Crippen LogP contribution in [0.2, 0.25) is 0 Å². The van der Waals surface area contributed by atoms with Crippen molar-refractivity contribution >= 4 is 21.6 Å². The summed E-state index contributed by atoms with van der Waals surface area (Å²) in [4.78, 5) is 14.1. The number of carbonyl (C=O) groups is 1. The standard InChI is InChI=1S/C18H27N3O4S/c1-13-4-6-15(7-5-13)20-18(23)19-9-14-3-2-8-21(10-14)16-11-26(24,25)12-17(16)22/h4-7,14,16-17,22H,2-3,8-12H2,1H3,(H2,19,20,23)/t14-,16-,17+/m0/s1. The van der Waals surface area contributed by atoms with E-state index in [0.717, 1.165) is 30.6 Å².